The highest BCUT2D eigenvalue weighted by atomic mass is 35.5. The van der Waals surface area contributed by atoms with Gasteiger partial charge in [-0.3, -0.25) is 4.79 Å². The minimum absolute atomic E-state index is 0.0132. The van der Waals surface area contributed by atoms with E-state index in [0.29, 0.717) is 11.6 Å². The zero-order valence-corrected chi connectivity index (χ0v) is 14.1. The van der Waals surface area contributed by atoms with Crippen LogP contribution < -0.4 is 10.1 Å². The second-order valence-electron chi connectivity index (χ2n) is 4.74. The molecule has 0 radical (unpaired) electrons. The summed E-state index contributed by atoms with van der Waals surface area (Å²) >= 11 is 7.59. The lowest BCUT2D eigenvalue weighted by molar-refractivity contribution is -0.120. The molecule has 0 unspecified atom stereocenters. The molecule has 2 aromatic rings. The molecule has 116 valence electrons. The third-order valence-electron chi connectivity index (χ3n) is 3.15. The number of carbonyl (C=O) groups is 1. The zero-order valence-electron chi connectivity index (χ0n) is 12.5. The van der Waals surface area contributed by atoms with Crippen molar-refractivity contribution in [2.75, 3.05) is 7.11 Å². The molecule has 2 aromatic carbocycles. The first-order chi connectivity index (χ1) is 10.6. The number of nitrogens with one attached hydrogen (secondary N) is 1. The molecule has 1 atom stereocenters. The number of hydrogen-bond donors (Lipinski definition) is 1. The second-order valence-corrected chi connectivity index (χ2v) is 6.57. The first-order valence-corrected chi connectivity index (χ1v) is 8.17. The van der Waals surface area contributed by atoms with Crippen LogP contribution in [0.5, 0.6) is 5.75 Å². The maximum Gasteiger partial charge on any atom is 0.233 e. The second kappa shape index (κ2) is 8.11. The van der Waals surface area contributed by atoms with Crippen molar-refractivity contribution in [1.82, 2.24) is 5.32 Å². The summed E-state index contributed by atoms with van der Waals surface area (Å²) in [5.41, 5.74) is 0.916. The minimum atomic E-state index is -0.184. The van der Waals surface area contributed by atoms with E-state index in [1.807, 2.05) is 55.5 Å². The Balaban J connectivity index is 1.87. The summed E-state index contributed by atoms with van der Waals surface area (Å²) < 4.78 is 5.12. The van der Waals surface area contributed by atoms with E-state index in [9.17, 15) is 4.79 Å². The fourth-order valence-electron chi connectivity index (χ4n) is 1.88. The monoisotopic (exact) mass is 335 g/mol. The molecule has 0 saturated carbocycles. The molecular weight excluding hydrogens is 318 g/mol. The van der Waals surface area contributed by atoms with E-state index in [1.54, 1.807) is 7.11 Å². The molecule has 5 heteroatoms. The third kappa shape index (κ3) is 4.68. The van der Waals surface area contributed by atoms with Crippen molar-refractivity contribution in [2.45, 2.75) is 23.6 Å². The smallest absolute Gasteiger partial charge is 0.233 e. The van der Waals surface area contributed by atoms with Crippen LogP contribution in [0.15, 0.2) is 53.4 Å². The molecule has 0 aromatic heterocycles. The van der Waals surface area contributed by atoms with E-state index in [1.165, 1.54) is 11.8 Å². The number of hydrogen-bond acceptors (Lipinski definition) is 3. The van der Waals surface area contributed by atoms with Gasteiger partial charge in [0.15, 0.2) is 0 Å². The fourth-order valence-corrected chi connectivity index (χ4v) is 2.97. The Hall–Kier alpha value is -1.65. The number of halogens is 1. The van der Waals surface area contributed by atoms with Crippen molar-refractivity contribution in [2.24, 2.45) is 0 Å². The van der Waals surface area contributed by atoms with Crippen molar-refractivity contribution >= 4 is 29.3 Å². The third-order valence-corrected chi connectivity index (χ3v) is 4.63. The Morgan fingerprint density at radius 2 is 1.91 bits per heavy atom. The van der Waals surface area contributed by atoms with Crippen molar-refractivity contribution in [3.8, 4) is 5.75 Å². The van der Waals surface area contributed by atoms with Gasteiger partial charge in [0, 0.05) is 16.5 Å². The van der Waals surface area contributed by atoms with Gasteiger partial charge >= 0.3 is 0 Å². The van der Waals surface area contributed by atoms with Crippen LogP contribution in [-0.2, 0) is 11.3 Å². The lowest BCUT2D eigenvalue weighted by Gasteiger charge is -2.13. The highest BCUT2D eigenvalue weighted by Crippen LogP contribution is 2.25. The Morgan fingerprint density at radius 3 is 2.55 bits per heavy atom. The Bertz CT molecular complexity index is 631. The van der Waals surface area contributed by atoms with E-state index in [2.05, 4.69) is 5.32 Å². The average molecular weight is 336 g/mol. The largest absolute Gasteiger partial charge is 0.497 e. The molecule has 0 saturated heterocycles. The van der Waals surface area contributed by atoms with Crippen LogP contribution in [0.1, 0.15) is 12.5 Å². The van der Waals surface area contributed by atoms with Crippen LogP contribution in [-0.4, -0.2) is 18.3 Å². The summed E-state index contributed by atoms with van der Waals surface area (Å²) in [7, 11) is 1.63. The standard InChI is InChI=1S/C17H18ClNO2S/c1-12(22-15-9-7-14(21-2)8-10-15)17(20)19-11-13-5-3-4-6-16(13)18/h3-10,12H,11H2,1-2H3,(H,19,20)/t12-/m1/s1. The number of rotatable bonds is 6. The summed E-state index contributed by atoms with van der Waals surface area (Å²) in [6, 6.07) is 15.2. The summed E-state index contributed by atoms with van der Waals surface area (Å²) in [5, 5.41) is 3.39. The van der Waals surface area contributed by atoms with E-state index < -0.39 is 0 Å². The van der Waals surface area contributed by atoms with Crippen LogP contribution in [0.25, 0.3) is 0 Å². The van der Waals surface area contributed by atoms with Gasteiger partial charge in [0.2, 0.25) is 5.91 Å². The molecule has 0 aliphatic rings. The normalized spacial score (nSPS) is 11.8. The number of thioether (sulfide) groups is 1. The predicted octanol–water partition coefficient (Wildman–Crippen LogP) is 4.15. The Labute approximate surface area is 140 Å². The first kappa shape index (κ1) is 16.7. The molecule has 2 rings (SSSR count). The molecule has 0 spiro atoms. The van der Waals surface area contributed by atoms with E-state index in [-0.39, 0.29) is 11.2 Å². The van der Waals surface area contributed by atoms with Crippen LogP contribution in [0.2, 0.25) is 5.02 Å². The summed E-state index contributed by atoms with van der Waals surface area (Å²) in [6.45, 7) is 2.32. The number of amides is 1. The number of methoxy groups -OCH3 is 1. The van der Waals surface area contributed by atoms with Crippen molar-refractivity contribution in [1.29, 1.82) is 0 Å². The number of carbonyl (C=O) groups excluding carboxylic acids is 1. The molecule has 1 amide bonds. The van der Waals surface area contributed by atoms with E-state index >= 15 is 0 Å². The Kier molecular flexibility index (Phi) is 6.16. The first-order valence-electron chi connectivity index (χ1n) is 6.92. The van der Waals surface area contributed by atoms with Gasteiger partial charge in [-0.1, -0.05) is 29.8 Å². The average Bonchev–Trinajstić information content (AvgIpc) is 2.54. The maximum absolute atomic E-state index is 12.2. The molecule has 0 bridgehead atoms. The molecule has 0 aliphatic carbocycles. The Morgan fingerprint density at radius 1 is 1.23 bits per heavy atom. The lowest BCUT2D eigenvalue weighted by atomic mass is 10.2. The summed E-state index contributed by atoms with van der Waals surface area (Å²) in [5.74, 6) is 0.793. The van der Waals surface area contributed by atoms with Crippen LogP contribution in [0, 0.1) is 0 Å². The van der Waals surface area contributed by atoms with E-state index in [0.717, 1.165) is 16.2 Å². The van der Waals surface area contributed by atoms with Crippen LogP contribution in [0.3, 0.4) is 0 Å². The fraction of sp³-hybridized carbons (Fsp3) is 0.235. The highest BCUT2D eigenvalue weighted by molar-refractivity contribution is 8.00. The van der Waals surface area contributed by atoms with Gasteiger partial charge in [-0.15, -0.1) is 11.8 Å². The van der Waals surface area contributed by atoms with Gasteiger partial charge in [-0.05, 0) is 42.8 Å². The molecule has 0 aliphatic heterocycles. The van der Waals surface area contributed by atoms with Crippen molar-refractivity contribution in [3.63, 3.8) is 0 Å². The van der Waals surface area contributed by atoms with E-state index in [4.69, 9.17) is 16.3 Å². The van der Waals surface area contributed by atoms with Gasteiger partial charge in [0.1, 0.15) is 5.75 Å². The number of benzene rings is 2. The molecule has 0 fully saturated rings. The highest BCUT2D eigenvalue weighted by Gasteiger charge is 2.14. The molecular formula is C17H18ClNO2S. The van der Waals surface area contributed by atoms with Gasteiger partial charge in [0.25, 0.3) is 0 Å². The molecule has 0 heterocycles. The van der Waals surface area contributed by atoms with Crippen molar-refractivity contribution < 1.29 is 9.53 Å². The quantitative estimate of drug-likeness (QED) is 0.806. The summed E-state index contributed by atoms with van der Waals surface area (Å²) in [4.78, 5) is 13.2. The van der Waals surface area contributed by atoms with Gasteiger partial charge in [-0.25, -0.2) is 0 Å². The molecule has 1 N–H and O–H groups in total. The summed E-state index contributed by atoms with van der Waals surface area (Å²) in [6.07, 6.45) is 0. The molecule has 3 nitrogen and oxygen atoms in total. The predicted molar refractivity (Wildman–Crippen MR) is 91.6 cm³/mol. The number of ether oxygens (including phenoxy) is 1. The topological polar surface area (TPSA) is 38.3 Å². The van der Waals surface area contributed by atoms with Crippen LogP contribution >= 0.6 is 23.4 Å². The van der Waals surface area contributed by atoms with Crippen LogP contribution in [0.4, 0.5) is 0 Å². The van der Waals surface area contributed by atoms with Gasteiger partial charge in [0.05, 0.1) is 12.4 Å². The van der Waals surface area contributed by atoms with Gasteiger partial charge in [-0.2, -0.15) is 0 Å². The minimum Gasteiger partial charge on any atom is -0.497 e. The maximum atomic E-state index is 12.2. The lowest BCUT2D eigenvalue weighted by Crippen LogP contribution is -2.30. The molecule has 22 heavy (non-hydrogen) atoms. The zero-order chi connectivity index (χ0) is 15.9. The SMILES string of the molecule is COc1ccc(S[C@H](C)C(=O)NCc2ccccc2Cl)cc1. The van der Waals surface area contributed by atoms with Crippen molar-refractivity contribution in [3.05, 3.63) is 59.1 Å². The van der Waals surface area contributed by atoms with Gasteiger partial charge < -0.3 is 10.1 Å².